The van der Waals surface area contributed by atoms with E-state index in [4.69, 9.17) is 4.52 Å². The highest BCUT2D eigenvalue weighted by Crippen LogP contribution is 2.47. The van der Waals surface area contributed by atoms with Crippen molar-refractivity contribution in [2.45, 2.75) is 72.0 Å². The van der Waals surface area contributed by atoms with Crippen molar-refractivity contribution in [3.8, 4) is 11.1 Å². The molecular weight excluding hydrogens is 464 g/mol. The molecule has 2 atom stereocenters. The number of hydrogen-bond donors (Lipinski definition) is 2. The van der Waals surface area contributed by atoms with Crippen molar-refractivity contribution < 1.29 is 14.1 Å². The van der Waals surface area contributed by atoms with Gasteiger partial charge in [0.1, 0.15) is 5.76 Å². The lowest BCUT2D eigenvalue weighted by atomic mass is 9.87. The average molecular weight is 501 g/mol. The second-order valence-electron chi connectivity index (χ2n) is 11.4. The largest absolute Gasteiger partial charge is 0.361 e. The lowest BCUT2D eigenvalue weighted by molar-refractivity contribution is -0.122. The molecule has 0 spiro atoms. The first-order chi connectivity index (χ1) is 17.6. The van der Waals surface area contributed by atoms with Gasteiger partial charge in [0.15, 0.2) is 0 Å². The topological polar surface area (TPSA) is 87.5 Å². The summed E-state index contributed by atoms with van der Waals surface area (Å²) in [5.41, 5.74) is 7.24. The molecule has 7 heteroatoms. The Morgan fingerprint density at radius 3 is 2.51 bits per heavy atom. The van der Waals surface area contributed by atoms with E-state index in [9.17, 15) is 9.59 Å². The summed E-state index contributed by atoms with van der Waals surface area (Å²) in [5.74, 6) is 1.20. The van der Waals surface area contributed by atoms with Crippen molar-refractivity contribution in [3.05, 3.63) is 76.2 Å². The number of carbonyl (C=O) groups excluding carboxylic acids is 2. The number of hydrogen-bond acceptors (Lipinski definition) is 4. The predicted octanol–water partition coefficient (Wildman–Crippen LogP) is 5.24. The van der Waals surface area contributed by atoms with Crippen LogP contribution in [0.25, 0.3) is 11.1 Å². The summed E-state index contributed by atoms with van der Waals surface area (Å²) >= 11 is 0. The van der Waals surface area contributed by atoms with Gasteiger partial charge in [-0.25, -0.2) is 4.79 Å². The molecule has 1 fully saturated rings. The van der Waals surface area contributed by atoms with E-state index in [0.29, 0.717) is 25.6 Å². The van der Waals surface area contributed by atoms with E-state index in [-0.39, 0.29) is 23.4 Å². The van der Waals surface area contributed by atoms with Crippen LogP contribution < -0.4 is 10.6 Å². The minimum atomic E-state index is -0.313. The zero-order valence-corrected chi connectivity index (χ0v) is 22.4. The molecule has 2 aliphatic rings. The molecule has 2 heterocycles. The van der Waals surface area contributed by atoms with Crippen molar-refractivity contribution in [1.82, 2.24) is 20.7 Å². The van der Waals surface area contributed by atoms with E-state index in [2.05, 4.69) is 40.1 Å². The fourth-order valence-electron chi connectivity index (χ4n) is 5.45. The number of nitrogens with zero attached hydrogens (tertiary/aromatic N) is 2. The van der Waals surface area contributed by atoms with E-state index < -0.39 is 0 Å². The molecule has 194 valence electrons. The molecule has 1 aliphatic carbocycles. The zero-order valence-electron chi connectivity index (χ0n) is 22.4. The maximum absolute atomic E-state index is 13.0. The number of fused-ring (bicyclic) bond motifs is 1. The Bertz CT molecular complexity index is 1300. The molecule has 2 N–H and O–H groups in total. The van der Waals surface area contributed by atoms with Crippen LogP contribution in [-0.4, -0.2) is 34.1 Å². The van der Waals surface area contributed by atoms with Crippen LogP contribution in [0.4, 0.5) is 4.79 Å². The van der Waals surface area contributed by atoms with Gasteiger partial charge in [0.05, 0.1) is 5.69 Å². The summed E-state index contributed by atoms with van der Waals surface area (Å²) in [6, 6.07) is 14.4. The number of benzene rings is 2. The third kappa shape index (κ3) is 5.26. The molecule has 0 bridgehead atoms. The Balaban J connectivity index is 1.39. The van der Waals surface area contributed by atoms with Gasteiger partial charge in [-0.15, -0.1) is 0 Å². The Morgan fingerprint density at radius 1 is 1.08 bits per heavy atom. The second-order valence-corrected chi connectivity index (χ2v) is 11.4. The van der Waals surface area contributed by atoms with Crippen molar-refractivity contribution in [2.24, 2.45) is 5.92 Å². The normalized spacial score (nSPS) is 18.8. The van der Waals surface area contributed by atoms with Gasteiger partial charge < -0.3 is 20.1 Å². The standard InChI is InChI=1S/C30H36N4O3/c1-18-27(19(2)37-33-18)23-12-11-21(16-31-28(35)25-15-24(25)20-9-7-6-8-10-20)26-17-34(14-13-22(23)26)29(36)32-30(3,4)5/h6-12,24-25H,13-17H2,1-5H3,(H,31,35)(H,32,36)/t24-,25?/m0/s1. The average Bonchev–Trinajstić information content (AvgIpc) is 3.60. The molecule has 3 aromatic rings. The van der Waals surface area contributed by atoms with Crippen molar-refractivity contribution in [2.75, 3.05) is 6.54 Å². The molecule has 1 aromatic heterocycles. The number of nitrogens with one attached hydrogen (secondary N) is 2. The van der Waals surface area contributed by atoms with Crippen LogP contribution in [0.3, 0.4) is 0 Å². The summed E-state index contributed by atoms with van der Waals surface area (Å²) in [6.07, 6.45) is 1.62. The Hall–Kier alpha value is -3.61. The predicted molar refractivity (Wildman–Crippen MR) is 143 cm³/mol. The van der Waals surface area contributed by atoms with Gasteiger partial charge in [0, 0.05) is 36.7 Å². The zero-order chi connectivity index (χ0) is 26.3. The quantitative estimate of drug-likeness (QED) is 0.501. The van der Waals surface area contributed by atoms with Crippen molar-refractivity contribution in [3.63, 3.8) is 0 Å². The molecule has 5 rings (SSSR count). The van der Waals surface area contributed by atoms with E-state index in [1.54, 1.807) is 0 Å². The van der Waals surface area contributed by atoms with Crippen molar-refractivity contribution in [1.29, 1.82) is 0 Å². The van der Waals surface area contributed by atoms with Gasteiger partial charge in [-0.1, -0.05) is 47.6 Å². The maximum Gasteiger partial charge on any atom is 0.318 e. The molecule has 2 aromatic carbocycles. The van der Waals surface area contributed by atoms with Crippen LogP contribution in [0.2, 0.25) is 0 Å². The minimum absolute atomic E-state index is 0.0221. The summed E-state index contributed by atoms with van der Waals surface area (Å²) in [7, 11) is 0. The molecule has 37 heavy (non-hydrogen) atoms. The first-order valence-corrected chi connectivity index (χ1v) is 13.1. The highest BCUT2D eigenvalue weighted by atomic mass is 16.5. The van der Waals surface area contributed by atoms with Crippen LogP contribution in [0.1, 0.15) is 66.8 Å². The van der Waals surface area contributed by atoms with E-state index in [1.807, 2.05) is 57.7 Å². The highest BCUT2D eigenvalue weighted by molar-refractivity contribution is 5.83. The molecule has 1 saturated carbocycles. The van der Waals surface area contributed by atoms with Gasteiger partial charge in [0.2, 0.25) is 5.91 Å². The molecule has 0 radical (unpaired) electrons. The fourth-order valence-corrected chi connectivity index (χ4v) is 5.45. The molecule has 7 nitrogen and oxygen atoms in total. The van der Waals surface area contributed by atoms with E-state index >= 15 is 0 Å². The number of amides is 3. The van der Waals surface area contributed by atoms with E-state index in [1.165, 1.54) is 11.1 Å². The smallest absolute Gasteiger partial charge is 0.318 e. The molecular formula is C30H36N4O3. The Morgan fingerprint density at radius 2 is 1.84 bits per heavy atom. The lowest BCUT2D eigenvalue weighted by Gasteiger charge is -2.34. The number of aryl methyl sites for hydroxylation is 2. The van der Waals surface area contributed by atoms with Gasteiger partial charge in [-0.3, -0.25) is 4.79 Å². The fraction of sp³-hybridized carbons (Fsp3) is 0.433. The van der Waals surface area contributed by atoms with Crippen molar-refractivity contribution >= 4 is 11.9 Å². The highest BCUT2D eigenvalue weighted by Gasteiger charge is 2.43. The van der Waals surface area contributed by atoms with Gasteiger partial charge in [0.25, 0.3) is 0 Å². The number of urea groups is 1. The summed E-state index contributed by atoms with van der Waals surface area (Å²) in [5, 5.41) is 10.4. The third-order valence-electron chi connectivity index (χ3n) is 7.39. The lowest BCUT2D eigenvalue weighted by Crippen LogP contribution is -2.50. The molecule has 0 saturated heterocycles. The maximum atomic E-state index is 13.0. The van der Waals surface area contributed by atoms with E-state index in [0.717, 1.165) is 46.5 Å². The van der Waals surface area contributed by atoms with Crippen LogP contribution in [0, 0.1) is 19.8 Å². The molecule has 1 aliphatic heterocycles. The molecule has 3 amide bonds. The monoisotopic (exact) mass is 500 g/mol. The minimum Gasteiger partial charge on any atom is -0.361 e. The van der Waals surface area contributed by atoms with Gasteiger partial charge in [-0.05, 0) is 81.2 Å². The van der Waals surface area contributed by atoms with Gasteiger partial charge in [-0.2, -0.15) is 0 Å². The van der Waals surface area contributed by atoms with Crippen LogP contribution >= 0.6 is 0 Å². The van der Waals surface area contributed by atoms with Crippen LogP contribution in [0.15, 0.2) is 47.0 Å². The third-order valence-corrected chi connectivity index (χ3v) is 7.39. The summed E-state index contributed by atoms with van der Waals surface area (Å²) in [6.45, 7) is 11.4. The number of aromatic nitrogens is 1. The van der Waals surface area contributed by atoms with Crippen LogP contribution in [0.5, 0.6) is 0 Å². The number of carbonyl (C=O) groups is 2. The first kappa shape index (κ1) is 25.1. The Kier molecular flexibility index (Phi) is 6.56. The summed E-state index contributed by atoms with van der Waals surface area (Å²) < 4.78 is 5.46. The first-order valence-electron chi connectivity index (χ1n) is 13.1. The SMILES string of the molecule is Cc1noc(C)c1-c1ccc(CNC(=O)C2C[C@H]2c2ccccc2)c2c1CCN(C(=O)NC(C)(C)C)C2. The van der Waals surface area contributed by atoms with Crippen LogP contribution in [-0.2, 0) is 24.3 Å². The Labute approximate surface area is 218 Å². The van der Waals surface area contributed by atoms with Gasteiger partial charge >= 0.3 is 6.03 Å². The summed E-state index contributed by atoms with van der Waals surface area (Å²) in [4.78, 5) is 27.9. The number of rotatable bonds is 5. The molecule has 1 unspecified atom stereocenters. The second kappa shape index (κ2) is 9.69.